The van der Waals surface area contributed by atoms with Crippen LogP contribution in [-0.2, 0) is 18.1 Å². The molecule has 0 rings (SSSR count). The smallest absolute Gasteiger partial charge is 0.373 e. The van der Waals surface area contributed by atoms with Gasteiger partial charge >= 0.3 is 9.53 Å². The molecule has 0 saturated carbocycles. The van der Waals surface area contributed by atoms with Crippen molar-refractivity contribution in [1.82, 2.24) is 0 Å². The zero-order chi connectivity index (χ0) is 11.0. The number of isocyanates is 1. The highest BCUT2D eigenvalue weighted by Gasteiger charge is 2.18. The van der Waals surface area contributed by atoms with E-state index >= 15 is 0 Å². The molecule has 0 aromatic heterocycles. The lowest BCUT2D eigenvalue weighted by Gasteiger charge is -2.19. The summed E-state index contributed by atoms with van der Waals surface area (Å²) in [7, 11) is -2.15. The average molecular weight is 219 g/mol. The number of carbonyl (C=O) groups excluding carboxylic acids is 1. The SMILES string of the molecule is CC(C)O[SiH](OCN=C=O)OC(C)C. The predicted octanol–water partition coefficient (Wildman–Crippen LogP) is 0.863. The van der Waals surface area contributed by atoms with Gasteiger partial charge in [-0.2, -0.15) is 4.99 Å². The summed E-state index contributed by atoms with van der Waals surface area (Å²) in [5.41, 5.74) is 0. The molecule has 0 radical (unpaired) electrons. The summed E-state index contributed by atoms with van der Waals surface area (Å²) in [6.07, 6.45) is 1.48. The maximum absolute atomic E-state index is 9.79. The van der Waals surface area contributed by atoms with Gasteiger partial charge in [-0.1, -0.05) is 0 Å². The second kappa shape index (κ2) is 7.84. The number of nitrogens with zero attached hydrogens (tertiary/aromatic N) is 1. The molecule has 14 heavy (non-hydrogen) atoms. The Morgan fingerprint density at radius 2 is 1.71 bits per heavy atom. The molecule has 0 spiro atoms. The van der Waals surface area contributed by atoms with Gasteiger partial charge in [0.15, 0.2) is 0 Å². The minimum atomic E-state index is -2.15. The van der Waals surface area contributed by atoms with Crippen molar-refractivity contribution in [3.8, 4) is 0 Å². The van der Waals surface area contributed by atoms with Gasteiger partial charge in [0, 0.05) is 12.2 Å². The quantitative estimate of drug-likeness (QED) is 0.362. The zero-order valence-corrected chi connectivity index (χ0v) is 10.2. The Kier molecular flexibility index (Phi) is 7.55. The van der Waals surface area contributed by atoms with E-state index in [-0.39, 0.29) is 18.9 Å². The van der Waals surface area contributed by atoms with Gasteiger partial charge in [-0.25, -0.2) is 4.79 Å². The normalized spacial score (nSPS) is 11.1. The molecular formula is C8H17NO4Si. The Bertz CT molecular complexity index is 182. The lowest BCUT2D eigenvalue weighted by molar-refractivity contribution is 0.0522. The zero-order valence-electron chi connectivity index (χ0n) is 9.02. The van der Waals surface area contributed by atoms with E-state index in [2.05, 4.69) is 4.99 Å². The predicted molar refractivity (Wildman–Crippen MR) is 53.7 cm³/mol. The highest BCUT2D eigenvalue weighted by Crippen LogP contribution is 2.01. The summed E-state index contributed by atoms with van der Waals surface area (Å²) in [5.74, 6) is 0. The van der Waals surface area contributed by atoms with Crippen LogP contribution in [0.1, 0.15) is 27.7 Å². The van der Waals surface area contributed by atoms with Crippen molar-refractivity contribution in [2.45, 2.75) is 39.9 Å². The van der Waals surface area contributed by atoms with Gasteiger partial charge in [0.2, 0.25) is 6.08 Å². The first-order valence-electron chi connectivity index (χ1n) is 4.52. The number of aliphatic imine (C=N–C) groups is 1. The molecule has 0 unspecified atom stereocenters. The fourth-order valence-electron chi connectivity index (χ4n) is 0.680. The van der Waals surface area contributed by atoms with Crippen LogP contribution in [-0.4, -0.2) is 34.5 Å². The molecule has 0 atom stereocenters. The Morgan fingerprint density at radius 1 is 1.21 bits per heavy atom. The van der Waals surface area contributed by atoms with Gasteiger partial charge in [-0.15, -0.1) is 0 Å². The summed E-state index contributed by atoms with van der Waals surface area (Å²) < 4.78 is 16.0. The van der Waals surface area contributed by atoms with Gasteiger partial charge < -0.3 is 13.3 Å². The molecule has 0 saturated heterocycles. The number of hydrogen-bond donors (Lipinski definition) is 0. The monoisotopic (exact) mass is 219 g/mol. The molecule has 0 amide bonds. The first kappa shape index (κ1) is 13.5. The minimum Gasteiger partial charge on any atom is -0.373 e. The molecule has 0 aliphatic heterocycles. The number of hydrogen-bond acceptors (Lipinski definition) is 5. The molecule has 5 nitrogen and oxygen atoms in total. The summed E-state index contributed by atoms with van der Waals surface area (Å²) in [5, 5.41) is 0. The fraction of sp³-hybridized carbons (Fsp3) is 0.875. The van der Waals surface area contributed by atoms with Crippen LogP contribution in [0.4, 0.5) is 0 Å². The van der Waals surface area contributed by atoms with Crippen LogP contribution in [0, 0.1) is 0 Å². The molecule has 0 aliphatic carbocycles. The Labute approximate surface area is 86.0 Å². The Morgan fingerprint density at radius 3 is 2.07 bits per heavy atom. The Balaban J connectivity index is 3.89. The molecule has 0 aliphatic rings. The lowest BCUT2D eigenvalue weighted by Crippen LogP contribution is -2.32. The van der Waals surface area contributed by atoms with Gasteiger partial charge in [-0.3, -0.25) is 0 Å². The van der Waals surface area contributed by atoms with Crippen LogP contribution in [0.15, 0.2) is 4.99 Å². The van der Waals surface area contributed by atoms with Crippen molar-refractivity contribution < 1.29 is 18.1 Å². The van der Waals surface area contributed by atoms with Gasteiger partial charge in [0.05, 0.1) is 0 Å². The second-order valence-electron chi connectivity index (χ2n) is 3.20. The molecule has 82 valence electrons. The maximum atomic E-state index is 9.79. The van der Waals surface area contributed by atoms with Crippen LogP contribution in [0.5, 0.6) is 0 Å². The topological polar surface area (TPSA) is 57.1 Å². The van der Waals surface area contributed by atoms with E-state index in [9.17, 15) is 4.79 Å². The highest BCUT2D eigenvalue weighted by atomic mass is 28.3. The molecular weight excluding hydrogens is 202 g/mol. The van der Waals surface area contributed by atoms with E-state index in [0.29, 0.717) is 0 Å². The summed E-state index contributed by atoms with van der Waals surface area (Å²) in [6, 6.07) is 0. The fourth-order valence-corrected chi connectivity index (χ4v) is 1.99. The van der Waals surface area contributed by atoms with Gasteiger partial charge in [0.25, 0.3) is 0 Å². The van der Waals surface area contributed by atoms with E-state index in [4.69, 9.17) is 13.3 Å². The van der Waals surface area contributed by atoms with E-state index in [1.807, 2.05) is 27.7 Å². The van der Waals surface area contributed by atoms with Crippen molar-refractivity contribution in [2.75, 3.05) is 6.73 Å². The van der Waals surface area contributed by atoms with Crippen molar-refractivity contribution in [2.24, 2.45) is 4.99 Å². The van der Waals surface area contributed by atoms with Crippen LogP contribution in [0.25, 0.3) is 0 Å². The number of rotatable bonds is 7. The van der Waals surface area contributed by atoms with Crippen molar-refractivity contribution in [1.29, 1.82) is 0 Å². The van der Waals surface area contributed by atoms with Crippen molar-refractivity contribution in [3.63, 3.8) is 0 Å². The maximum Gasteiger partial charge on any atom is 0.486 e. The first-order valence-corrected chi connectivity index (χ1v) is 5.93. The third-order valence-electron chi connectivity index (χ3n) is 1.11. The van der Waals surface area contributed by atoms with E-state index in [0.717, 1.165) is 0 Å². The lowest BCUT2D eigenvalue weighted by atomic mass is 10.5. The second-order valence-corrected chi connectivity index (χ2v) is 4.66. The molecule has 0 bridgehead atoms. The first-order chi connectivity index (χ1) is 6.56. The van der Waals surface area contributed by atoms with Crippen LogP contribution < -0.4 is 0 Å². The molecule has 0 aromatic carbocycles. The third kappa shape index (κ3) is 8.09. The van der Waals surface area contributed by atoms with Crippen molar-refractivity contribution in [3.05, 3.63) is 0 Å². The van der Waals surface area contributed by atoms with E-state index in [1.54, 1.807) is 0 Å². The highest BCUT2D eigenvalue weighted by molar-refractivity contribution is 6.36. The average Bonchev–Trinajstić information content (AvgIpc) is 2.02. The van der Waals surface area contributed by atoms with Crippen LogP contribution in [0.2, 0.25) is 0 Å². The standard InChI is InChI=1S/C8H17NO4Si/c1-7(2)12-14(13-8(3)4)11-6-9-5-10/h7-8,14H,6H2,1-4H3. The molecule has 6 heteroatoms. The third-order valence-corrected chi connectivity index (χ3v) is 3.06. The van der Waals surface area contributed by atoms with Crippen molar-refractivity contribution >= 4 is 15.6 Å². The van der Waals surface area contributed by atoms with E-state index in [1.165, 1.54) is 6.08 Å². The summed E-state index contributed by atoms with van der Waals surface area (Å²) in [4.78, 5) is 13.1. The molecule has 0 N–H and O–H groups in total. The van der Waals surface area contributed by atoms with Crippen LogP contribution in [0.3, 0.4) is 0 Å². The molecule has 0 fully saturated rings. The summed E-state index contributed by atoms with van der Waals surface area (Å²) in [6.45, 7) is 7.55. The minimum absolute atomic E-state index is 0.0418. The molecule has 0 heterocycles. The van der Waals surface area contributed by atoms with E-state index < -0.39 is 9.53 Å². The van der Waals surface area contributed by atoms with Gasteiger partial charge in [-0.05, 0) is 27.7 Å². The molecule has 0 aromatic rings. The van der Waals surface area contributed by atoms with Gasteiger partial charge in [0.1, 0.15) is 6.73 Å². The summed E-state index contributed by atoms with van der Waals surface area (Å²) >= 11 is 0. The van der Waals surface area contributed by atoms with Crippen LogP contribution >= 0.6 is 0 Å². The largest absolute Gasteiger partial charge is 0.486 e. The Hall–Kier alpha value is -0.523.